The second-order valence-electron chi connectivity index (χ2n) is 5.01. The number of aryl methyl sites for hydroxylation is 1. The Labute approximate surface area is 138 Å². The van der Waals surface area contributed by atoms with Crippen LogP contribution in [0.2, 0.25) is 0 Å². The average Bonchev–Trinajstić information content (AvgIpc) is 2.56. The van der Waals surface area contributed by atoms with Gasteiger partial charge in [0.15, 0.2) is 0 Å². The lowest BCUT2D eigenvalue weighted by molar-refractivity contribution is -0.131. The Kier molecular flexibility index (Phi) is 5.46. The molecule has 2 aromatic carbocycles. The summed E-state index contributed by atoms with van der Waals surface area (Å²) < 4.78 is 0. The van der Waals surface area contributed by atoms with Gasteiger partial charge < -0.3 is 15.7 Å². The summed E-state index contributed by atoms with van der Waals surface area (Å²) in [7, 11) is 0. The number of rotatable bonds is 5. The van der Waals surface area contributed by atoms with Crippen LogP contribution in [0.1, 0.15) is 15.9 Å². The fourth-order valence-corrected chi connectivity index (χ4v) is 2.00. The number of carbonyl (C=O) groups is 3. The summed E-state index contributed by atoms with van der Waals surface area (Å²) >= 11 is 0. The van der Waals surface area contributed by atoms with Crippen molar-refractivity contribution < 1.29 is 19.5 Å². The summed E-state index contributed by atoms with van der Waals surface area (Å²) in [4.78, 5) is 34.0. The van der Waals surface area contributed by atoms with E-state index in [1.807, 2.05) is 6.07 Å². The van der Waals surface area contributed by atoms with Crippen molar-refractivity contribution >= 4 is 29.2 Å². The molecule has 0 saturated heterocycles. The zero-order valence-electron chi connectivity index (χ0n) is 12.9. The number of aliphatic carboxylic acids is 1. The van der Waals surface area contributed by atoms with Crippen LogP contribution < -0.4 is 10.6 Å². The van der Waals surface area contributed by atoms with E-state index in [4.69, 9.17) is 5.11 Å². The minimum Gasteiger partial charge on any atom is -0.478 e. The highest BCUT2D eigenvalue weighted by molar-refractivity contribution is 6.05. The monoisotopic (exact) mass is 324 g/mol. The molecule has 6 nitrogen and oxygen atoms in total. The van der Waals surface area contributed by atoms with E-state index >= 15 is 0 Å². The SMILES string of the molecule is Cc1cc(NC(=O)C=CC(=O)O)ccc1NC(=O)c1ccccc1. The zero-order valence-corrected chi connectivity index (χ0v) is 12.9. The van der Waals surface area contributed by atoms with Crippen molar-refractivity contribution in [2.45, 2.75) is 6.92 Å². The smallest absolute Gasteiger partial charge is 0.328 e. The summed E-state index contributed by atoms with van der Waals surface area (Å²) in [5, 5.41) is 13.8. The van der Waals surface area contributed by atoms with E-state index in [1.165, 1.54) is 0 Å². The highest BCUT2D eigenvalue weighted by atomic mass is 16.4. The van der Waals surface area contributed by atoms with Crippen molar-refractivity contribution in [1.29, 1.82) is 0 Å². The molecule has 0 radical (unpaired) electrons. The van der Waals surface area contributed by atoms with Crippen molar-refractivity contribution in [3.05, 3.63) is 71.8 Å². The minimum atomic E-state index is -1.19. The molecule has 0 spiro atoms. The standard InChI is InChI=1S/C18H16N2O4/c1-12-11-14(19-16(21)9-10-17(22)23)7-8-15(12)20-18(24)13-5-3-2-4-6-13/h2-11H,1H3,(H,19,21)(H,20,24)(H,22,23). The van der Waals surface area contributed by atoms with Crippen molar-refractivity contribution in [2.75, 3.05) is 10.6 Å². The summed E-state index contributed by atoms with van der Waals surface area (Å²) in [6, 6.07) is 13.8. The van der Waals surface area contributed by atoms with Gasteiger partial charge in [-0.05, 0) is 42.8 Å². The van der Waals surface area contributed by atoms with Crippen molar-refractivity contribution in [3.63, 3.8) is 0 Å². The van der Waals surface area contributed by atoms with Gasteiger partial charge in [-0.1, -0.05) is 18.2 Å². The minimum absolute atomic E-state index is 0.222. The molecule has 0 saturated carbocycles. The molecule has 3 N–H and O–H groups in total. The van der Waals surface area contributed by atoms with Gasteiger partial charge in [0.1, 0.15) is 0 Å². The Hall–Kier alpha value is -3.41. The molecule has 0 aromatic heterocycles. The van der Waals surface area contributed by atoms with Crippen LogP contribution >= 0.6 is 0 Å². The third kappa shape index (κ3) is 4.81. The van der Waals surface area contributed by atoms with Crippen LogP contribution in [0.3, 0.4) is 0 Å². The van der Waals surface area contributed by atoms with Gasteiger partial charge >= 0.3 is 5.97 Å². The van der Waals surface area contributed by atoms with E-state index < -0.39 is 11.9 Å². The third-order valence-electron chi connectivity index (χ3n) is 3.16. The van der Waals surface area contributed by atoms with Gasteiger partial charge in [-0.25, -0.2) is 4.79 Å². The van der Waals surface area contributed by atoms with Gasteiger partial charge in [-0.2, -0.15) is 0 Å². The van der Waals surface area contributed by atoms with Crippen LogP contribution in [0.5, 0.6) is 0 Å². The first kappa shape index (κ1) is 17.0. The van der Waals surface area contributed by atoms with Gasteiger partial charge in [0.25, 0.3) is 5.91 Å². The van der Waals surface area contributed by atoms with E-state index in [2.05, 4.69) is 10.6 Å². The molecule has 0 aliphatic heterocycles. The highest BCUT2D eigenvalue weighted by Crippen LogP contribution is 2.20. The third-order valence-corrected chi connectivity index (χ3v) is 3.16. The lowest BCUT2D eigenvalue weighted by Gasteiger charge is -2.10. The number of nitrogens with one attached hydrogen (secondary N) is 2. The van der Waals surface area contributed by atoms with E-state index in [1.54, 1.807) is 49.4 Å². The Morgan fingerprint density at radius 3 is 2.29 bits per heavy atom. The fraction of sp³-hybridized carbons (Fsp3) is 0.0556. The maximum absolute atomic E-state index is 12.1. The molecule has 2 rings (SSSR count). The number of carbonyl (C=O) groups excluding carboxylic acids is 2. The second-order valence-corrected chi connectivity index (χ2v) is 5.01. The Balaban J connectivity index is 2.06. The predicted octanol–water partition coefficient (Wildman–Crippen LogP) is 2.83. The molecular weight excluding hydrogens is 308 g/mol. The van der Waals surface area contributed by atoms with E-state index in [0.717, 1.165) is 17.7 Å². The number of carboxylic acid groups (broad SMARTS) is 1. The molecule has 2 aromatic rings. The number of carboxylic acids is 1. The van der Waals surface area contributed by atoms with Crippen molar-refractivity contribution in [1.82, 2.24) is 0 Å². The van der Waals surface area contributed by atoms with Crippen LogP contribution in [-0.4, -0.2) is 22.9 Å². The Morgan fingerprint density at radius 1 is 0.958 bits per heavy atom. The molecule has 0 unspecified atom stereocenters. The predicted molar refractivity (Wildman–Crippen MR) is 91.0 cm³/mol. The molecular formula is C18H16N2O4. The van der Waals surface area contributed by atoms with Crippen LogP contribution in [0.15, 0.2) is 60.7 Å². The van der Waals surface area contributed by atoms with Crippen molar-refractivity contribution in [2.24, 2.45) is 0 Å². The Morgan fingerprint density at radius 2 is 1.67 bits per heavy atom. The van der Waals surface area contributed by atoms with E-state index in [0.29, 0.717) is 16.9 Å². The molecule has 6 heteroatoms. The molecule has 0 aliphatic rings. The highest BCUT2D eigenvalue weighted by Gasteiger charge is 2.08. The average molecular weight is 324 g/mol. The molecule has 0 heterocycles. The van der Waals surface area contributed by atoms with Crippen LogP contribution in [0.4, 0.5) is 11.4 Å². The molecule has 0 bridgehead atoms. The first-order valence-electron chi connectivity index (χ1n) is 7.15. The maximum Gasteiger partial charge on any atom is 0.328 e. The quantitative estimate of drug-likeness (QED) is 0.737. The van der Waals surface area contributed by atoms with Gasteiger partial charge in [0.05, 0.1) is 0 Å². The van der Waals surface area contributed by atoms with Crippen LogP contribution in [0, 0.1) is 6.92 Å². The van der Waals surface area contributed by atoms with E-state index in [-0.39, 0.29) is 5.91 Å². The number of benzene rings is 2. The molecule has 0 aliphatic carbocycles. The van der Waals surface area contributed by atoms with Gasteiger partial charge in [0.2, 0.25) is 5.91 Å². The van der Waals surface area contributed by atoms with Crippen molar-refractivity contribution in [3.8, 4) is 0 Å². The van der Waals surface area contributed by atoms with Crippen LogP contribution in [-0.2, 0) is 9.59 Å². The molecule has 122 valence electrons. The fourth-order valence-electron chi connectivity index (χ4n) is 2.00. The molecule has 24 heavy (non-hydrogen) atoms. The summed E-state index contributed by atoms with van der Waals surface area (Å²) in [6.45, 7) is 1.79. The topological polar surface area (TPSA) is 95.5 Å². The lowest BCUT2D eigenvalue weighted by atomic mass is 10.1. The number of anilines is 2. The lowest BCUT2D eigenvalue weighted by Crippen LogP contribution is -2.13. The molecule has 0 fully saturated rings. The second kappa shape index (κ2) is 7.73. The normalized spacial score (nSPS) is 10.4. The van der Waals surface area contributed by atoms with E-state index in [9.17, 15) is 14.4 Å². The van der Waals surface area contributed by atoms with Gasteiger partial charge in [0, 0.05) is 29.1 Å². The maximum atomic E-state index is 12.1. The first-order valence-corrected chi connectivity index (χ1v) is 7.15. The first-order chi connectivity index (χ1) is 11.5. The number of hydrogen-bond acceptors (Lipinski definition) is 3. The summed E-state index contributed by atoms with van der Waals surface area (Å²) in [5.41, 5.74) is 2.44. The van der Waals surface area contributed by atoms with Gasteiger partial charge in [-0.3, -0.25) is 9.59 Å². The number of amides is 2. The summed E-state index contributed by atoms with van der Waals surface area (Å²) in [6.07, 6.45) is 1.69. The summed E-state index contributed by atoms with van der Waals surface area (Å²) in [5.74, 6) is -1.96. The molecule has 0 atom stereocenters. The van der Waals surface area contributed by atoms with Crippen LogP contribution in [0.25, 0.3) is 0 Å². The molecule has 2 amide bonds. The zero-order chi connectivity index (χ0) is 17.5. The largest absolute Gasteiger partial charge is 0.478 e. The van der Waals surface area contributed by atoms with Gasteiger partial charge in [-0.15, -0.1) is 0 Å². The number of hydrogen-bond donors (Lipinski definition) is 3. The Bertz CT molecular complexity index is 798.